The van der Waals surface area contributed by atoms with E-state index in [1.807, 2.05) is 6.92 Å². The molecule has 0 saturated heterocycles. The molecular formula is C13H18N2O. The van der Waals surface area contributed by atoms with Crippen molar-refractivity contribution < 1.29 is 4.79 Å². The van der Waals surface area contributed by atoms with Crippen LogP contribution in [0.5, 0.6) is 0 Å². The highest BCUT2D eigenvalue weighted by Gasteiger charge is 2.05. The van der Waals surface area contributed by atoms with Gasteiger partial charge in [0.1, 0.15) is 0 Å². The first-order valence-electron chi connectivity index (χ1n) is 5.31. The third-order valence-electron chi connectivity index (χ3n) is 2.61. The molecule has 1 aromatic carbocycles. The highest BCUT2D eigenvalue weighted by Crippen LogP contribution is 2.15. The molecule has 3 nitrogen and oxygen atoms in total. The molecule has 0 heterocycles. The lowest BCUT2D eigenvalue weighted by Gasteiger charge is -2.09. The first-order valence-corrected chi connectivity index (χ1v) is 5.31. The van der Waals surface area contributed by atoms with E-state index in [9.17, 15) is 4.79 Å². The van der Waals surface area contributed by atoms with Crippen molar-refractivity contribution in [3.63, 3.8) is 0 Å². The average Bonchev–Trinajstić information content (AvgIpc) is 2.20. The minimum absolute atomic E-state index is 0.152. The maximum atomic E-state index is 10.8. The molecule has 0 saturated carbocycles. The Kier molecular flexibility index (Phi) is 3.82. The number of benzene rings is 1. The van der Waals surface area contributed by atoms with Crippen molar-refractivity contribution in [2.75, 3.05) is 0 Å². The number of aryl methyl sites for hydroxylation is 3. The number of nitrogens with one attached hydrogen (secondary N) is 1. The lowest BCUT2D eigenvalue weighted by molar-refractivity contribution is -0.118. The Morgan fingerprint density at radius 2 is 1.62 bits per heavy atom. The van der Waals surface area contributed by atoms with Crippen LogP contribution in [0.25, 0.3) is 0 Å². The van der Waals surface area contributed by atoms with Gasteiger partial charge < -0.3 is 0 Å². The Balaban J connectivity index is 3.08. The second-order valence-corrected chi connectivity index (χ2v) is 4.12. The van der Waals surface area contributed by atoms with Gasteiger partial charge in [0, 0.05) is 12.5 Å². The summed E-state index contributed by atoms with van der Waals surface area (Å²) in [5.41, 5.74) is 8.05. The Morgan fingerprint density at radius 3 is 2.19 bits per heavy atom. The monoisotopic (exact) mass is 218 g/mol. The first kappa shape index (κ1) is 12.4. The van der Waals surface area contributed by atoms with Gasteiger partial charge in [-0.3, -0.25) is 4.79 Å². The van der Waals surface area contributed by atoms with Gasteiger partial charge in [-0.25, -0.2) is 5.43 Å². The van der Waals surface area contributed by atoms with Crippen LogP contribution in [0.15, 0.2) is 17.2 Å². The normalized spacial score (nSPS) is 11.4. The molecule has 0 fully saturated rings. The molecule has 0 aliphatic heterocycles. The summed E-state index contributed by atoms with van der Waals surface area (Å²) >= 11 is 0. The number of amides is 1. The molecule has 3 heteroatoms. The molecule has 1 amide bonds. The van der Waals surface area contributed by atoms with Crippen LogP contribution in [0.1, 0.15) is 36.1 Å². The summed E-state index contributed by atoms with van der Waals surface area (Å²) in [5, 5.41) is 4.04. The molecule has 0 spiro atoms. The summed E-state index contributed by atoms with van der Waals surface area (Å²) in [6, 6.07) is 4.24. The van der Waals surface area contributed by atoms with Crippen molar-refractivity contribution >= 4 is 11.6 Å². The number of hydrogen-bond acceptors (Lipinski definition) is 2. The van der Waals surface area contributed by atoms with Crippen LogP contribution in [0.2, 0.25) is 0 Å². The fourth-order valence-corrected chi connectivity index (χ4v) is 1.57. The van der Waals surface area contributed by atoms with Crippen molar-refractivity contribution in [2.24, 2.45) is 5.10 Å². The molecule has 0 bridgehead atoms. The summed E-state index contributed by atoms with van der Waals surface area (Å²) in [4.78, 5) is 10.8. The Bertz CT molecular complexity index is 447. The van der Waals surface area contributed by atoms with E-state index in [1.54, 1.807) is 0 Å². The molecule has 0 radical (unpaired) electrons. The van der Waals surface area contributed by atoms with Gasteiger partial charge in [-0.15, -0.1) is 0 Å². The third kappa shape index (κ3) is 2.92. The van der Waals surface area contributed by atoms with E-state index in [2.05, 4.69) is 43.4 Å². The van der Waals surface area contributed by atoms with Crippen LogP contribution in [-0.2, 0) is 4.79 Å². The van der Waals surface area contributed by atoms with Crippen LogP contribution >= 0.6 is 0 Å². The van der Waals surface area contributed by atoms with E-state index in [0.717, 1.165) is 11.3 Å². The predicted octanol–water partition coefficient (Wildman–Crippen LogP) is 2.47. The molecule has 86 valence electrons. The Hall–Kier alpha value is -1.64. The van der Waals surface area contributed by atoms with Crippen molar-refractivity contribution in [3.8, 4) is 0 Å². The minimum Gasteiger partial charge on any atom is -0.274 e. The van der Waals surface area contributed by atoms with Gasteiger partial charge in [0.2, 0.25) is 5.91 Å². The molecule has 0 aliphatic carbocycles. The fourth-order valence-electron chi connectivity index (χ4n) is 1.57. The van der Waals surface area contributed by atoms with Gasteiger partial charge in [0.05, 0.1) is 5.71 Å². The van der Waals surface area contributed by atoms with Gasteiger partial charge in [-0.1, -0.05) is 6.07 Å². The molecule has 0 aliphatic rings. The summed E-state index contributed by atoms with van der Waals surface area (Å²) in [6.07, 6.45) is 0. The SMILES string of the molecule is CC(=O)N/N=C(\C)c1cc(C)c(C)cc1C. The van der Waals surface area contributed by atoms with E-state index in [4.69, 9.17) is 0 Å². The number of rotatable bonds is 2. The van der Waals surface area contributed by atoms with Gasteiger partial charge >= 0.3 is 0 Å². The van der Waals surface area contributed by atoms with Crippen LogP contribution in [0.3, 0.4) is 0 Å². The standard InChI is InChI=1S/C13H18N2O/c1-8-6-10(3)13(7-9(8)2)11(4)14-15-12(5)16/h6-7H,1-5H3,(H,15,16)/b14-11+. The van der Waals surface area contributed by atoms with Crippen LogP contribution in [0, 0.1) is 20.8 Å². The van der Waals surface area contributed by atoms with Crippen molar-refractivity contribution in [1.29, 1.82) is 0 Å². The maximum Gasteiger partial charge on any atom is 0.236 e. The zero-order valence-corrected chi connectivity index (χ0v) is 10.5. The van der Waals surface area contributed by atoms with Crippen molar-refractivity contribution in [1.82, 2.24) is 5.43 Å². The van der Waals surface area contributed by atoms with Crippen LogP contribution in [-0.4, -0.2) is 11.6 Å². The number of carbonyl (C=O) groups excluding carboxylic acids is 1. The summed E-state index contributed by atoms with van der Waals surface area (Å²) < 4.78 is 0. The Labute approximate surface area is 96.6 Å². The van der Waals surface area contributed by atoms with E-state index >= 15 is 0 Å². The molecule has 0 unspecified atom stereocenters. The predicted molar refractivity (Wildman–Crippen MR) is 66.7 cm³/mol. The lowest BCUT2D eigenvalue weighted by Crippen LogP contribution is -2.15. The fraction of sp³-hybridized carbons (Fsp3) is 0.385. The zero-order valence-electron chi connectivity index (χ0n) is 10.5. The van der Waals surface area contributed by atoms with Crippen molar-refractivity contribution in [2.45, 2.75) is 34.6 Å². The second kappa shape index (κ2) is 4.92. The molecule has 1 N–H and O–H groups in total. The highest BCUT2D eigenvalue weighted by molar-refractivity contribution is 6.00. The maximum absolute atomic E-state index is 10.8. The summed E-state index contributed by atoms with van der Waals surface area (Å²) in [7, 11) is 0. The quantitative estimate of drug-likeness (QED) is 0.601. The van der Waals surface area contributed by atoms with Crippen LogP contribution < -0.4 is 5.43 Å². The number of hydrogen-bond donors (Lipinski definition) is 1. The van der Waals surface area contributed by atoms with E-state index in [1.165, 1.54) is 23.6 Å². The molecule has 1 aromatic rings. The number of carbonyl (C=O) groups is 1. The molecule has 16 heavy (non-hydrogen) atoms. The number of nitrogens with zero attached hydrogens (tertiary/aromatic N) is 1. The summed E-state index contributed by atoms with van der Waals surface area (Å²) in [5.74, 6) is -0.152. The first-order chi connectivity index (χ1) is 7.41. The molecule has 1 rings (SSSR count). The summed E-state index contributed by atoms with van der Waals surface area (Å²) in [6.45, 7) is 9.56. The second-order valence-electron chi connectivity index (χ2n) is 4.12. The average molecular weight is 218 g/mol. The topological polar surface area (TPSA) is 41.5 Å². The van der Waals surface area contributed by atoms with E-state index < -0.39 is 0 Å². The third-order valence-corrected chi connectivity index (χ3v) is 2.61. The number of hydrazone groups is 1. The zero-order chi connectivity index (χ0) is 12.3. The van der Waals surface area contributed by atoms with E-state index in [-0.39, 0.29) is 5.91 Å². The largest absolute Gasteiger partial charge is 0.274 e. The lowest BCUT2D eigenvalue weighted by atomic mass is 9.98. The van der Waals surface area contributed by atoms with Gasteiger partial charge in [0.15, 0.2) is 0 Å². The highest BCUT2D eigenvalue weighted by atomic mass is 16.2. The van der Waals surface area contributed by atoms with Crippen molar-refractivity contribution in [3.05, 3.63) is 34.4 Å². The van der Waals surface area contributed by atoms with E-state index in [0.29, 0.717) is 0 Å². The van der Waals surface area contributed by atoms with Gasteiger partial charge in [-0.2, -0.15) is 5.10 Å². The molecule has 0 aromatic heterocycles. The molecule has 0 atom stereocenters. The van der Waals surface area contributed by atoms with Crippen LogP contribution in [0.4, 0.5) is 0 Å². The minimum atomic E-state index is -0.152. The molecular weight excluding hydrogens is 200 g/mol. The Morgan fingerprint density at radius 1 is 1.06 bits per heavy atom. The smallest absolute Gasteiger partial charge is 0.236 e. The van der Waals surface area contributed by atoms with Gasteiger partial charge in [0.25, 0.3) is 0 Å². The van der Waals surface area contributed by atoms with Gasteiger partial charge in [-0.05, 0) is 50.5 Å².